The predicted octanol–water partition coefficient (Wildman–Crippen LogP) is 2.99. The molecular weight excluding hydrogens is 260 g/mol. The van der Waals surface area contributed by atoms with Crippen molar-refractivity contribution >= 4 is 5.91 Å². The molecule has 0 radical (unpaired) electrons. The first-order valence-electron chi connectivity index (χ1n) is 8.15. The van der Waals surface area contributed by atoms with Gasteiger partial charge in [-0.25, -0.2) is 0 Å². The highest BCUT2D eigenvalue weighted by Gasteiger charge is 2.33. The monoisotopic (exact) mass is 288 g/mol. The van der Waals surface area contributed by atoms with Crippen molar-refractivity contribution in [1.29, 1.82) is 0 Å². The van der Waals surface area contributed by atoms with Crippen molar-refractivity contribution < 1.29 is 4.79 Å². The molecule has 2 rings (SSSR count). The van der Waals surface area contributed by atoms with Crippen LogP contribution in [0.15, 0.2) is 30.3 Å². The zero-order chi connectivity index (χ0) is 15.3. The first kappa shape index (κ1) is 16.0. The van der Waals surface area contributed by atoms with Crippen LogP contribution >= 0.6 is 0 Å². The fourth-order valence-corrected chi connectivity index (χ4v) is 3.28. The van der Waals surface area contributed by atoms with Gasteiger partial charge in [0, 0.05) is 13.1 Å². The number of likely N-dealkylation sites (tertiary alicyclic amines) is 1. The Morgan fingerprint density at radius 2 is 1.90 bits per heavy atom. The van der Waals surface area contributed by atoms with Gasteiger partial charge in [0.2, 0.25) is 5.91 Å². The summed E-state index contributed by atoms with van der Waals surface area (Å²) in [5.74, 6) is 0.814. The number of amides is 1. The number of hydrogen-bond acceptors (Lipinski definition) is 2. The third kappa shape index (κ3) is 4.31. The number of nitrogens with two attached hydrogens (primary N) is 1. The fourth-order valence-electron chi connectivity index (χ4n) is 3.28. The largest absolute Gasteiger partial charge is 0.341 e. The Hall–Kier alpha value is -1.35. The number of carbonyl (C=O) groups excluding carboxylic acids is 1. The van der Waals surface area contributed by atoms with Gasteiger partial charge in [-0.1, -0.05) is 43.7 Å². The second-order valence-corrected chi connectivity index (χ2v) is 6.59. The van der Waals surface area contributed by atoms with Crippen LogP contribution < -0.4 is 5.73 Å². The number of benzene rings is 1. The average molecular weight is 288 g/mol. The summed E-state index contributed by atoms with van der Waals surface area (Å²) in [5.41, 5.74) is 6.88. The van der Waals surface area contributed by atoms with Crippen LogP contribution in [0, 0.1) is 5.92 Å². The smallest absolute Gasteiger partial charge is 0.242 e. The quantitative estimate of drug-likeness (QED) is 0.905. The molecule has 1 amide bonds. The van der Waals surface area contributed by atoms with Gasteiger partial charge in [-0.3, -0.25) is 4.79 Å². The molecule has 1 aromatic rings. The molecule has 1 heterocycles. The molecule has 0 spiro atoms. The molecule has 116 valence electrons. The highest BCUT2D eigenvalue weighted by atomic mass is 16.2. The van der Waals surface area contributed by atoms with Crippen LogP contribution in [0.3, 0.4) is 0 Å². The van der Waals surface area contributed by atoms with Gasteiger partial charge < -0.3 is 10.6 Å². The zero-order valence-electron chi connectivity index (χ0n) is 13.3. The van der Waals surface area contributed by atoms with Gasteiger partial charge in [-0.2, -0.15) is 0 Å². The van der Waals surface area contributed by atoms with Gasteiger partial charge in [0.05, 0.1) is 5.54 Å². The van der Waals surface area contributed by atoms with Gasteiger partial charge >= 0.3 is 0 Å². The van der Waals surface area contributed by atoms with E-state index in [1.807, 2.05) is 11.8 Å². The first-order valence-corrected chi connectivity index (χ1v) is 8.15. The third-order valence-corrected chi connectivity index (χ3v) is 4.53. The van der Waals surface area contributed by atoms with E-state index in [4.69, 9.17) is 5.73 Å². The van der Waals surface area contributed by atoms with E-state index in [1.165, 1.54) is 5.56 Å². The molecule has 1 aliphatic rings. The molecule has 3 nitrogen and oxygen atoms in total. The van der Waals surface area contributed by atoms with Crippen molar-refractivity contribution in [3.8, 4) is 0 Å². The maximum Gasteiger partial charge on any atom is 0.242 e. The maximum absolute atomic E-state index is 12.5. The Kier molecular flexibility index (Phi) is 5.40. The summed E-state index contributed by atoms with van der Waals surface area (Å²) in [6, 6.07) is 10.6. The lowest BCUT2D eigenvalue weighted by Gasteiger charge is -2.37. The molecule has 1 saturated heterocycles. The number of piperidine rings is 1. The number of carbonyl (C=O) groups is 1. The highest BCUT2D eigenvalue weighted by Crippen LogP contribution is 2.24. The van der Waals surface area contributed by atoms with Gasteiger partial charge in [-0.15, -0.1) is 0 Å². The topological polar surface area (TPSA) is 46.3 Å². The van der Waals surface area contributed by atoms with E-state index in [2.05, 4.69) is 37.3 Å². The van der Waals surface area contributed by atoms with Crippen LogP contribution in [-0.2, 0) is 11.2 Å². The first-order chi connectivity index (χ1) is 10.0. The molecule has 1 atom stereocenters. The lowest BCUT2D eigenvalue weighted by Crippen LogP contribution is -2.55. The lowest BCUT2D eigenvalue weighted by molar-refractivity contribution is -0.138. The normalized spacial score (nSPS) is 19.3. The molecule has 1 aromatic carbocycles. The van der Waals surface area contributed by atoms with Gasteiger partial charge in [0.25, 0.3) is 0 Å². The minimum Gasteiger partial charge on any atom is -0.341 e. The Bertz CT molecular complexity index is 448. The van der Waals surface area contributed by atoms with Crippen molar-refractivity contribution in [2.45, 2.75) is 51.5 Å². The Labute approximate surface area is 128 Å². The SMILES string of the molecule is CCCC(C)(N)C(=O)N1CCC(Cc2ccccc2)CC1. The molecule has 0 aliphatic carbocycles. The van der Waals surface area contributed by atoms with Crippen LogP contribution in [0.2, 0.25) is 0 Å². The molecule has 1 fully saturated rings. The maximum atomic E-state index is 12.5. The predicted molar refractivity (Wildman–Crippen MR) is 87.0 cm³/mol. The summed E-state index contributed by atoms with van der Waals surface area (Å²) in [4.78, 5) is 14.4. The Morgan fingerprint density at radius 1 is 1.29 bits per heavy atom. The molecule has 2 N–H and O–H groups in total. The molecule has 3 heteroatoms. The summed E-state index contributed by atoms with van der Waals surface area (Å²) in [7, 11) is 0. The zero-order valence-corrected chi connectivity index (χ0v) is 13.3. The van der Waals surface area contributed by atoms with Gasteiger partial charge in [0.15, 0.2) is 0 Å². The highest BCUT2D eigenvalue weighted by molar-refractivity contribution is 5.85. The molecular formula is C18H28N2O. The van der Waals surface area contributed by atoms with Crippen LogP contribution in [0.5, 0.6) is 0 Å². The molecule has 21 heavy (non-hydrogen) atoms. The number of nitrogens with zero attached hydrogens (tertiary/aromatic N) is 1. The summed E-state index contributed by atoms with van der Waals surface area (Å²) in [6.45, 7) is 5.65. The minimum atomic E-state index is -0.693. The Balaban J connectivity index is 1.84. The van der Waals surface area contributed by atoms with Crippen molar-refractivity contribution in [1.82, 2.24) is 4.90 Å². The van der Waals surface area contributed by atoms with E-state index in [1.54, 1.807) is 0 Å². The van der Waals surface area contributed by atoms with Crippen LogP contribution in [-0.4, -0.2) is 29.4 Å². The minimum absolute atomic E-state index is 0.127. The van der Waals surface area contributed by atoms with Gasteiger partial charge in [0.1, 0.15) is 0 Å². The lowest BCUT2D eigenvalue weighted by atomic mass is 9.88. The van der Waals surface area contributed by atoms with E-state index in [9.17, 15) is 4.79 Å². The Morgan fingerprint density at radius 3 is 2.48 bits per heavy atom. The third-order valence-electron chi connectivity index (χ3n) is 4.53. The summed E-state index contributed by atoms with van der Waals surface area (Å²) in [6.07, 6.45) is 5.00. The van der Waals surface area contributed by atoms with E-state index in [-0.39, 0.29) is 5.91 Å². The summed E-state index contributed by atoms with van der Waals surface area (Å²) in [5, 5.41) is 0. The van der Waals surface area contributed by atoms with Crippen molar-refractivity contribution in [2.75, 3.05) is 13.1 Å². The van der Waals surface area contributed by atoms with E-state index >= 15 is 0 Å². The van der Waals surface area contributed by atoms with Gasteiger partial charge in [-0.05, 0) is 44.1 Å². The summed E-state index contributed by atoms with van der Waals surface area (Å²) >= 11 is 0. The summed E-state index contributed by atoms with van der Waals surface area (Å²) < 4.78 is 0. The van der Waals surface area contributed by atoms with Crippen LogP contribution in [0.1, 0.15) is 45.1 Å². The van der Waals surface area contributed by atoms with Crippen LogP contribution in [0.25, 0.3) is 0 Å². The molecule has 1 unspecified atom stereocenters. The second kappa shape index (κ2) is 7.08. The fraction of sp³-hybridized carbons (Fsp3) is 0.611. The number of rotatable bonds is 5. The standard InChI is InChI=1S/C18H28N2O/c1-3-11-18(2,19)17(21)20-12-9-16(10-13-20)14-15-7-5-4-6-8-15/h4-8,16H,3,9-14,19H2,1-2H3. The second-order valence-electron chi connectivity index (χ2n) is 6.59. The van der Waals surface area contributed by atoms with Crippen molar-refractivity contribution in [3.63, 3.8) is 0 Å². The van der Waals surface area contributed by atoms with E-state index in [0.29, 0.717) is 5.92 Å². The molecule has 1 aliphatic heterocycles. The van der Waals surface area contributed by atoms with Crippen LogP contribution in [0.4, 0.5) is 0 Å². The average Bonchev–Trinajstić information content (AvgIpc) is 2.48. The van der Waals surface area contributed by atoms with E-state index < -0.39 is 5.54 Å². The van der Waals surface area contributed by atoms with Crippen molar-refractivity contribution in [2.24, 2.45) is 11.7 Å². The molecule has 0 aromatic heterocycles. The van der Waals surface area contributed by atoms with Crippen molar-refractivity contribution in [3.05, 3.63) is 35.9 Å². The molecule has 0 bridgehead atoms. The van der Waals surface area contributed by atoms with E-state index in [0.717, 1.165) is 45.2 Å². The number of hydrogen-bond donors (Lipinski definition) is 1. The molecule has 0 saturated carbocycles.